The molecule has 0 fully saturated rings. The quantitative estimate of drug-likeness (QED) is 0.476. The van der Waals surface area contributed by atoms with E-state index in [-0.39, 0.29) is 10.6 Å². The summed E-state index contributed by atoms with van der Waals surface area (Å²) in [6.45, 7) is 2.91. The third-order valence-electron chi connectivity index (χ3n) is 3.18. The summed E-state index contributed by atoms with van der Waals surface area (Å²) in [6, 6.07) is 11.1. The van der Waals surface area contributed by atoms with Crippen LogP contribution >= 0.6 is 0 Å². The van der Waals surface area contributed by atoms with Crippen LogP contribution in [0.3, 0.4) is 0 Å². The molecule has 0 aliphatic rings. The molecule has 0 aliphatic heterocycles. The van der Waals surface area contributed by atoms with Gasteiger partial charge in [-0.05, 0) is 23.9 Å². The van der Waals surface area contributed by atoms with Crippen molar-refractivity contribution < 1.29 is 4.92 Å². The van der Waals surface area contributed by atoms with Crippen LogP contribution in [-0.2, 0) is 0 Å². The highest BCUT2D eigenvalue weighted by atomic mass is 16.6. The molecule has 0 aliphatic carbocycles. The van der Waals surface area contributed by atoms with Crippen LogP contribution in [0.4, 0.5) is 11.4 Å². The zero-order chi connectivity index (χ0) is 13.7. The molecule has 2 aromatic carbocycles. The lowest BCUT2D eigenvalue weighted by Gasteiger charge is -2.08. The first-order valence-corrected chi connectivity index (χ1v) is 6.64. The Morgan fingerprint density at radius 1 is 1.16 bits per heavy atom. The van der Waals surface area contributed by atoms with Crippen molar-refractivity contribution in [1.82, 2.24) is 0 Å². The minimum absolute atomic E-state index is 0.176. The summed E-state index contributed by atoms with van der Waals surface area (Å²) in [5.41, 5.74) is 0.786. The van der Waals surface area contributed by atoms with E-state index in [4.69, 9.17) is 0 Å². The SMILES string of the molecule is CCCCCNc1ccc2ccccc2c1[N+](=O)[O-]. The van der Waals surface area contributed by atoms with E-state index in [1.54, 1.807) is 12.1 Å². The summed E-state index contributed by atoms with van der Waals surface area (Å²) in [5, 5.41) is 16.1. The maximum atomic E-state index is 11.3. The maximum Gasteiger partial charge on any atom is 0.300 e. The van der Waals surface area contributed by atoms with E-state index in [0.717, 1.165) is 31.2 Å². The largest absolute Gasteiger partial charge is 0.379 e. The zero-order valence-corrected chi connectivity index (χ0v) is 11.1. The van der Waals surface area contributed by atoms with Crippen LogP contribution in [0.5, 0.6) is 0 Å². The summed E-state index contributed by atoms with van der Waals surface area (Å²) in [4.78, 5) is 11.0. The lowest BCUT2D eigenvalue weighted by Crippen LogP contribution is -2.04. The number of rotatable bonds is 6. The lowest BCUT2D eigenvalue weighted by molar-refractivity contribution is -0.382. The number of hydrogen-bond donors (Lipinski definition) is 1. The first-order valence-electron chi connectivity index (χ1n) is 6.64. The van der Waals surface area contributed by atoms with Crippen LogP contribution in [0.2, 0.25) is 0 Å². The highest BCUT2D eigenvalue weighted by molar-refractivity contribution is 5.96. The summed E-state index contributed by atoms with van der Waals surface area (Å²) >= 11 is 0. The molecule has 100 valence electrons. The fraction of sp³-hybridized carbons (Fsp3) is 0.333. The molecular formula is C15H18N2O2. The molecule has 4 heteroatoms. The smallest absolute Gasteiger partial charge is 0.300 e. The van der Waals surface area contributed by atoms with E-state index in [1.807, 2.05) is 24.3 Å². The number of benzene rings is 2. The number of hydrogen-bond acceptors (Lipinski definition) is 3. The highest BCUT2D eigenvalue weighted by Gasteiger charge is 2.17. The third-order valence-corrected chi connectivity index (χ3v) is 3.18. The Labute approximate surface area is 112 Å². The second kappa shape index (κ2) is 6.18. The molecule has 1 N–H and O–H groups in total. The van der Waals surface area contributed by atoms with E-state index < -0.39 is 0 Å². The Morgan fingerprint density at radius 2 is 1.95 bits per heavy atom. The van der Waals surface area contributed by atoms with Crippen LogP contribution in [-0.4, -0.2) is 11.5 Å². The third kappa shape index (κ3) is 3.02. The molecule has 0 amide bonds. The molecule has 0 saturated carbocycles. The minimum Gasteiger partial charge on any atom is -0.379 e. The van der Waals surface area contributed by atoms with Gasteiger partial charge in [-0.2, -0.15) is 0 Å². The van der Waals surface area contributed by atoms with Gasteiger partial charge in [0.05, 0.1) is 10.3 Å². The zero-order valence-electron chi connectivity index (χ0n) is 11.1. The predicted octanol–water partition coefficient (Wildman–Crippen LogP) is 4.35. The van der Waals surface area contributed by atoms with E-state index in [0.29, 0.717) is 11.1 Å². The molecule has 19 heavy (non-hydrogen) atoms. The average molecular weight is 258 g/mol. The van der Waals surface area contributed by atoms with Gasteiger partial charge >= 0.3 is 0 Å². The molecule has 4 nitrogen and oxygen atoms in total. The highest BCUT2D eigenvalue weighted by Crippen LogP contribution is 2.33. The van der Waals surface area contributed by atoms with Crippen molar-refractivity contribution in [2.75, 3.05) is 11.9 Å². The van der Waals surface area contributed by atoms with Crippen LogP contribution in [0, 0.1) is 10.1 Å². The first kappa shape index (κ1) is 13.3. The summed E-state index contributed by atoms with van der Waals surface area (Å²) in [6.07, 6.45) is 3.30. The van der Waals surface area contributed by atoms with Gasteiger partial charge in [-0.25, -0.2) is 0 Å². The first-order chi connectivity index (χ1) is 9.24. The van der Waals surface area contributed by atoms with Crippen molar-refractivity contribution in [2.24, 2.45) is 0 Å². The van der Waals surface area contributed by atoms with Gasteiger partial charge in [0.2, 0.25) is 0 Å². The van der Waals surface area contributed by atoms with Crippen molar-refractivity contribution in [3.63, 3.8) is 0 Å². The van der Waals surface area contributed by atoms with Crippen molar-refractivity contribution in [1.29, 1.82) is 0 Å². The normalized spacial score (nSPS) is 10.6. The molecular weight excluding hydrogens is 240 g/mol. The van der Waals surface area contributed by atoms with Gasteiger partial charge in [-0.1, -0.05) is 44.0 Å². The lowest BCUT2D eigenvalue weighted by atomic mass is 10.1. The number of unbranched alkanes of at least 4 members (excludes halogenated alkanes) is 2. The second-order valence-corrected chi connectivity index (χ2v) is 4.57. The van der Waals surface area contributed by atoms with Gasteiger partial charge in [0, 0.05) is 6.54 Å². The van der Waals surface area contributed by atoms with Crippen LogP contribution in [0.15, 0.2) is 36.4 Å². The van der Waals surface area contributed by atoms with E-state index >= 15 is 0 Å². The molecule has 0 atom stereocenters. The van der Waals surface area contributed by atoms with Gasteiger partial charge in [-0.3, -0.25) is 10.1 Å². The molecule has 0 bridgehead atoms. The van der Waals surface area contributed by atoms with Crippen molar-refractivity contribution >= 4 is 22.1 Å². The minimum atomic E-state index is -0.301. The summed E-state index contributed by atoms with van der Waals surface area (Å²) in [7, 11) is 0. The Balaban J connectivity index is 2.32. The second-order valence-electron chi connectivity index (χ2n) is 4.57. The van der Waals surface area contributed by atoms with Crippen molar-refractivity contribution in [3.8, 4) is 0 Å². The van der Waals surface area contributed by atoms with Crippen molar-refractivity contribution in [2.45, 2.75) is 26.2 Å². The maximum absolute atomic E-state index is 11.3. The van der Waals surface area contributed by atoms with Gasteiger partial charge < -0.3 is 5.32 Å². The number of nitro benzene ring substituents is 1. The average Bonchev–Trinajstić information content (AvgIpc) is 2.42. The monoisotopic (exact) mass is 258 g/mol. The fourth-order valence-electron chi connectivity index (χ4n) is 2.19. The molecule has 0 radical (unpaired) electrons. The molecule has 0 spiro atoms. The van der Waals surface area contributed by atoms with E-state index in [2.05, 4.69) is 12.2 Å². The Morgan fingerprint density at radius 3 is 2.68 bits per heavy atom. The van der Waals surface area contributed by atoms with Crippen LogP contribution in [0.25, 0.3) is 10.8 Å². The van der Waals surface area contributed by atoms with Crippen molar-refractivity contribution in [3.05, 3.63) is 46.5 Å². The van der Waals surface area contributed by atoms with E-state index in [9.17, 15) is 10.1 Å². The number of anilines is 1. The summed E-state index contributed by atoms with van der Waals surface area (Å²) < 4.78 is 0. The standard InChI is InChI=1S/C15H18N2O2/c1-2-3-6-11-16-14-10-9-12-7-4-5-8-13(12)15(14)17(18)19/h4-5,7-10,16H,2-3,6,11H2,1H3. The number of nitro groups is 1. The molecule has 2 aromatic rings. The van der Waals surface area contributed by atoms with Crippen LogP contribution < -0.4 is 5.32 Å². The topological polar surface area (TPSA) is 55.2 Å². The Hall–Kier alpha value is -2.10. The number of fused-ring (bicyclic) bond motifs is 1. The Kier molecular flexibility index (Phi) is 4.34. The van der Waals surface area contributed by atoms with E-state index in [1.165, 1.54) is 0 Å². The summed E-state index contributed by atoms with van der Waals surface area (Å²) in [5.74, 6) is 0. The molecule has 0 aromatic heterocycles. The van der Waals surface area contributed by atoms with Gasteiger partial charge in [-0.15, -0.1) is 0 Å². The Bertz CT molecular complexity index is 581. The van der Waals surface area contributed by atoms with Crippen LogP contribution in [0.1, 0.15) is 26.2 Å². The van der Waals surface area contributed by atoms with Gasteiger partial charge in [0.1, 0.15) is 5.69 Å². The predicted molar refractivity (Wildman–Crippen MR) is 78.6 cm³/mol. The molecule has 0 heterocycles. The molecule has 2 rings (SSSR count). The molecule has 0 saturated heterocycles. The fourth-order valence-corrected chi connectivity index (χ4v) is 2.19. The number of nitrogens with one attached hydrogen (secondary N) is 1. The molecule has 0 unspecified atom stereocenters. The number of nitrogens with zero attached hydrogens (tertiary/aromatic N) is 1. The van der Waals surface area contributed by atoms with Gasteiger partial charge in [0.15, 0.2) is 0 Å². The van der Waals surface area contributed by atoms with Gasteiger partial charge in [0.25, 0.3) is 5.69 Å².